The van der Waals surface area contributed by atoms with E-state index < -0.39 is 0 Å². The Bertz CT molecular complexity index is 3640. The Labute approximate surface area is 380 Å². The molecule has 0 bridgehead atoms. The third-order valence-electron chi connectivity index (χ3n) is 12.2. The van der Waals surface area contributed by atoms with Gasteiger partial charge >= 0.3 is 0 Å². The van der Waals surface area contributed by atoms with Crippen LogP contribution in [0.2, 0.25) is 0 Å². The lowest BCUT2D eigenvalue weighted by Crippen LogP contribution is -2.12. The Hall–Kier alpha value is -7.76. The van der Waals surface area contributed by atoms with Crippen LogP contribution in [-0.4, -0.2) is 0 Å². The average molecular weight is 853 g/mol. The third-order valence-corrected chi connectivity index (χ3v) is 14.7. The predicted octanol–water partition coefficient (Wildman–Crippen LogP) is 18.4. The highest BCUT2D eigenvalue weighted by Crippen LogP contribution is 2.50. The van der Waals surface area contributed by atoms with Crippen LogP contribution in [0.15, 0.2) is 243 Å². The number of benzene rings is 10. The quantitative estimate of drug-likeness (QED) is 0.143. The van der Waals surface area contributed by atoms with Crippen molar-refractivity contribution in [2.75, 3.05) is 9.80 Å². The maximum absolute atomic E-state index is 2.48. The molecule has 0 saturated heterocycles. The first kappa shape index (κ1) is 38.0. The van der Waals surface area contributed by atoms with Gasteiger partial charge in [0.25, 0.3) is 0 Å². The van der Waals surface area contributed by atoms with Gasteiger partial charge in [0.05, 0.1) is 26.5 Å². The summed E-state index contributed by atoms with van der Waals surface area (Å²) < 4.78 is 5.10. The highest BCUT2D eigenvalue weighted by molar-refractivity contribution is 7.26. The first-order valence-electron chi connectivity index (χ1n) is 21.7. The number of rotatable bonds is 9. The smallest absolute Gasteiger partial charge is 0.0640 e. The molecular weight excluding hydrogens is 813 g/mol. The van der Waals surface area contributed by atoms with Crippen molar-refractivity contribution in [1.29, 1.82) is 0 Å². The van der Waals surface area contributed by atoms with Gasteiger partial charge < -0.3 is 9.80 Å². The lowest BCUT2D eigenvalue weighted by molar-refractivity contribution is 1.29. The molecule has 10 aromatic carbocycles. The number of thiophene rings is 2. The van der Waals surface area contributed by atoms with Gasteiger partial charge in [-0.15, -0.1) is 22.7 Å². The molecule has 0 aliphatic heterocycles. The van der Waals surface area contributed by atoms with Crippen LogP contribution in [0.5, 0.6) is 0 Å². The van der Waals surface area contributed by atoms with Crippen LogP contribution in [0.1, 0.15) is 0 Å². The van der Waals surface area contributed by atoms with Crippen LogP contribution in [-0.2, 0) is 0 Å². The largest absolute Gasteiger partial charge is 0.309 e. The van der Waals surface area contributed by atoms with Crippen molar-refractivity contribution in [3.05, 3.63) is 243 Å². The standard InChI is InChI=1S/C60H40N2S2/c1-3-18-41(19-4-1)43-22-13-25-46(38-43)61(55-34-16-31-52-50-29-8-11-36-57(50)63-59(52)55)47-26-15-24-45(40-47)49-28-7-10-33-54(49)62(48-27-14-23-44(39-48)42-20-5-2-6-21-42)56-35-17-32-53-51-30-9-12-37-58(51)64-60(53)56/h1-40H. The maximum Gasteiger partial charge on any atom is 0.0640 e. The number of para-hydroxylation sites is 1. The highest BCUT2D eigenvalue weighted by atomic mass is 32.1. The van der Waals surface area contributed by atoms with Gasteiger partial charge in [-0.25, -0.2) is 0 Å². The molecule has 0 atom stereocenters. The van der Waals surface area contributed by atoms with Crippen LogP contribution >= 0.6 is 22.7 Å². The van der Waals surface area contributed by atoms with Crippen molar-refractivity contribution in [3.63, 3.8) is 0 Å². The second-order valence-electron chi connectivity index (χ2n) is 16.1. The van der Waals surface area contributed by atoms with Gasteiger partial charge in [-0.05, 0) is 94.5 Å². The molecule has 12 rings (SSSR count). The molecule has 12 aromatic rings. The summed E-state index contributed by atoms with van der Waals surface area (Å²) >= 11 is 3.73. The van der Waals surface area contributed by atoms with Crippen LogP contribution in [0.4, 0.5) is 34.1 Å². The molecule has 0 unspecified atom stereocenters. The molecule has 64 heavy (non-hydrogen) atoms. The zero-order valence-corrected chi connectivity index (χ0v) is 36.4. The molecule has 0 N–H and O–H groups in total. The van der Waals surface area contributed by atoms with Gasteiger partial charge in [0.15, 0.2) is 0 Å². The molecule has 0 amide bonds. The fourth-order valence-electron chi connectivity index (χ4n) is 9.29. The first-order valence-corrected chi connectivity index (χ1v) is 23.3. The van der Waals surface area contributed by atoms with Crippen LogP contribution in [0.25, 0.3) is 73.7 Å². The lowest BCUT2D eigenvalue weighted by Gasteiger charge is -2.30. The Morgan fingerprint density at radius 2 is 0.625 bits per heavy atom. The lowest BCUT2D eigenvalue weighted by atomic mass is 9.99. The van der Waals surface area contributed by atoms with E-state index in [1.54, 1.807) is 0 Å². The van der Waals surface area contributed by atoms with Gasteiger partial charge in [0.2, 0.25) is 0 Å². The molecule has 302 valence electrons. The molecule has 2 nitrogen and oxygen atoms in total. The van der Waals surface area contributed by atoms with E-state index in [2.05, 4.69) is 252 Å². The summed E-state index contributed by atoms with van der Waals surface area (Å²) in [6.07, 6.45) is 0. The Morgan fingerprint density at radius 1 is 0.250 bits per heavy atom. The second kappa shape index (κ2) is 16.2. The van der Waals surface area contributed by atoms with Gasteiger partial charge in [0.1, 0.15) is 0 Å². The van der Waals surface area contributed by atoms with Gasteiger partial charge in [-0.1, -0.05) is 176 Å². The van der Waals surface area contributed by atoms with Crippen molar-refractivity contribution < 1.29 is 0 Å². The number of fused-ring (bicyclic) bond motifs is 6. The van der Waals surface area contributed by atoms with Gasteiger partial charge in [-0.2, -0.15) is 0 Å². The molecule has 0 saturated carbocycles. The maximum atomic E-state index is 2.48. The molecule has 0 fully saturated rings. The number of nitrogens with zero attached hydrogens (tertiary/aromatic N) is 2. The summed E-state index contributed by atoms with van der Waals surface area (Å²) in [4.78, 5) is 4.93. The van der Waals surface area contributed by atoms with E-state index >= 15 is 0 Å². The summed E-state index contributed by atoms with van der Waals surface area (Å²) in [7, 11) is 0. The molecule has 4 heteroatoms. The Balaban J connectivity index is 1.07. The summed E-state index contributed by atoms with van der Waals surface area (Å²) in [5.41, 5.74) is 13.7. The Kier molecular flexibility index (Phi) is 9.59. The van der Waals surface area contributed by atoms with Crippen LogP contribution in [0.3, 0.4) is 0 Å². The zero-order valence-electron chi connectivity index (χ0n) is 34.8. The van der Waals surface area contributed by atoms with E-state index in [1.807, 2.05) is 22.7 Å². The van der Waals surface area contributed by atoms with E-state index in [9.17, 15) is 0 Å². The first-order chi connectivity index (χ1) is 31.7. The van der Waals surface area contributed by atoms with E-state index in [0.29, 0.717) is 0 Å². The van der Waals surface area contributed by atoms with E-state index in [4.69, 9.17) is 0 Å². The van der Waals surface area contributed by atoms with Crippen LogP contribution in [0, 0.1) is 0 Å². The molecule has 0 aliphatic rings. The normalized spacial score (nSPS) is 11.4. The average Bonchev–Trinajstić information content (AvgIpc) is 3.95. The molecule has 0 radical (unpaired) electrons. The minimum absolute atomic E-state index is 1.09. The van der Waals surface area contributed by atoms with Gasteiger partial charge in [0, 0.05) is 53.6 Å². The second-order valence-corrected chi connectivity index (χ2v) is 18.2. The summed E-state index contributed by atoms with van der Waals surface area (Å²) in [5, 5.41) is 5.11. The fourth-order valence-corrected chi connectivity index (χ4v) is 11.7. The van der Waals surface area contributed by atoms with Crippen molar-refractivity contribution in [2.45, 2.75) is 0 Å². The van der Waals surface area contributed by atoms with E-state index in [0.717, 1.165) is 45.3 Å². The minimum atomic E-state index is 1.09. The minimum Gasteiger partial charge on any atom is -0.309 e. The molecule has 0 spiro atoms. The summed E-state index contributed by atoms with van der Waals surface area (Å²) in [6, 6.07) is 88.4. The summed E-state index contributed by atoms with van der Waals surface area (Å²) in [6.45, 7) is 0. The molecular formula is C60H40N2S2. The third kappa shape index (κ3) is 6.72. The molecule has 2 aromatic heterocycles. The number of hydrogen-bond donors (Lipinski definition) is 0. The predicted molar refractivity (Wildman–Crippen MR) is 278 cm³/mol. The van der Waals surface area contributed by atoms with E-state index in [-0.39, 0.29) is 0 Å². The monoisotopic (exact) mass is 852 g/mol. The number of hydrogen-bond acceptors (Lipinski definition) is 4. The highest BCUT2D eigenvalue weighted by Gasteiger charge is 2.23. The summed E-state index contributed by atoms with van der Waals surface area (Å²) in [5.74, 6) is 0. The number of anilines is 6. The van der Waals surface area contributed by atoms with Crippen molar-refractivity contribution in [1.82, 2.24) is 0 Å². The van der Waals surface area contributed by atoms with Crippen molar-refractivity contribution >= 4 is 97.1 Å². The molecule has 0 aliphatic carbocycles. The SMILES string of the molecule is c1ccc(-c2cccc(N(c3cccc(-c4ccccc4N(c4cccc(-c5ccccc5)c4)c4cccc5c4sc4ccccc45)c3)c3cccc4c3sc3ccccc34)c2)cc1. The van der Waals surface area contributed by atoms with Crippen LogP contribution < -0.4 is 9.80 Å². The van der Waals surface area contributed by atoms with Gasteiger partial charge in [-0.3, -0.25) is 0 Å². The topological polar surface area (TPSA) is 6.48 Å². The fraction of sp³-hybridized carbons (Fsp3) is 0. The van der Waals surface area contributed by atoms with E-state index in [1.165, 1.54) is 62.6 Å². The van der Waals surface area contributed by atoms with Crippen molar-refractivity contribution in [3.8, 4) is 33.4 Å². The Morgan fingerprint density at radius 3 is 1.19 bits per heavy atom. The zero-order chi connectivity index (χ0) is 42.4. The molecule has 2 heterocycles. The van der Waals surface area contributed by atoms with Crippen molar-refractivity contribution in [2.24, 2.45) is 0 Å².